The van der Waals surface area contributed by atoms with Crippen LogP contribution in [0.25, 0.3) is 0 Å². The highest BCUT2D eigenvalue weighted by Crippen LogP contribution is 2.26. The minimum Gasteiger partial charge on any atom is -0.473 e. The highest BCUT2D eigenvalue weighted by Gasteiger charge is 2.18. The fourth-order valence-electron chi connectivity index (χ4n) is 5.20. The molecule has 0 bridgehead atoms. The van der Waals surface area contributed by atoms with E-state index in [4.69, 9.17) is 9.47 Å². The molecular weight excluding hydrogens is 504 g/mol. The number of hydrogen-bond acceptors (Lipinski definition) is 4. The van der Waals surface area contributed by atoms with Crippen LogP contribution in [0.2, 0.25) is 0 Å². The fraction of sp³-hybridized carbons (Fsp3) is 0.243. The smallest absolute Gasteiger partial charge is 0.161 e. The minimum atomic E-state index is 0.518. The van der Waals surface area contributed by atoms with Crippen molar-refractivity contribution in [1.82, 2.24) is 0 Å². The summed E-state index contributed by atoms with van der Waals surface area (Å²) in [5, 5.41) is 0. The van der Waals surface area contributed by atoms with E-state index in [1.165, 1.54) is 33.5 Å². The van der Waals surface area contributed by atoms with Gasteiger partial charge in [-0.3, -0.25) is 0 Å². The van der Waals surface area contributed by atoms with Gasteiger partial charge in [-0.05, 0) is 90.4 Å². The number of allylic oxidation sites excluding steroid dienone is 4. The average Bonchev–Trinajstić information content (AvgIpc) is 2.99. The third-order valence-corrected chi connectivity index (χ3v) is 7.55. The Labute approximate surface area is 245 Å². The first kappa shape index (κ1) is 28.1. The molecule has 2 aliphatic rings. The number of rotatable bonds is 9. The summed E-state index contributed by atoms with van der Waals surface area (Å²) in [4.78, 5) is 4.46. The Bertz CT molecular complexity index is 1440. The number of benzene rings is 3. The van der Waals surface area contributed by atoms with E-state index in [1.54, 1.807) is 6.08 Å². The molecule has 2 heterocycles. The van der Waals surface area contributed by atoms with Gasteiger partial charge in [-0.25, -0.2) is 0 Å². The van der Waals surface area contributed by atoms with E-state index >= 15 is 0 Å². The SMILES string of the molecule is C=C/C=C1/OCN(c2ccc(Cc3ccc(Cc4ccc(N5COC(/C=C\CC)=C(C)C5)cc4)cc3)cc2)CC1=C. The Morgan fingerprint density at radius 3 is 1.68 bits per heavy atom. The van der Waals surface area contributed by atoms with Gasteiger partial charge in [0.15, 0.2) is 13.5 Å². The number of nitrogens with zero attached hydrogens (tertiary/aromatic N) is 2. The van der Waals surface area contributed by atoms with Gasteiger partial charge in [-0.15, -0.1) is 0 Å². The van der Waals surface area contributed by atoms with Gasteiger partial charge in [-0.1, -0.05) is 80.8 Å². The van der Waals surface area contributed by atoms with Crippen molar-refractivity contribution in [3.05, 3.63) is 155 Å². The van der Waals surface area contributed by atoms with Crippen LogP contribution in [0.5, 0.6) is 0 Å². The maximum Gasteiger partial charge on any atom is 0.161 e. The first-order valence-electron chi connectivity index (χ1n) is 14.4. The normalized spacial score (nSPS) is 16.7. The molecule has 210 valence electrons. The van der Waals surface area contributed by atoms with E-state index in [0.717, 1.165) is 55.1 Å². The molecule has 3 aromatic carbocycles. The van der Waals surface area contributed by atoms with E-state index in [1.807, 2.05) is 6.08 Å². The largest absolute Gasteiger partial charge is 0.473 e. The summed E-state index contributed by atoms with van der Waals surface area (Å²) in [5.41, 5.74) is 9.80. The van der Waals surface area contributed by atoms with Crippen LogP contribution in [0.3, 0.4) is 0 Å². The Morgan fingerprint density at radius 2 is 1.22 bits per heavy atom. The second kappa shape index (κ2) is 13.3. The molecule has 0 atom stereocenters. The highest BCUT2D eigenvalue weighted by atomic mass is 16.5. The average molecular weight is 545 g/mol. The second-order valence-electron chi connectivity index (χ2n) is 10.8. The predicted molar refractivity (Wildman–Crippen MR) is 171 cm³/mol. The molecule has 0 spiro atoms. The molecule has 4 heteroatoms. The van der Waals surface area contributed by atoms with Gasteiger partial charge in [0.05, 0.1) is 0 Å². The third kappa shape index (κ3) is 7.20. The van der Waals surface area contributed by atoms with Crippen LogP contribution >= 0.6 is 0 Å². The zero-order chi connectivity index (χ0) is 28.6. The first-order chi connectivity index (χ1) is 20.0. The van der Waals surface area contributed by atoms with Crippen LogP contribution in [-0.4, -0.2) is 26.6 Å². The van der Waals surface area contributed by atoms with Crippen molar-refractivity contribution >= 4 is 11.4 Å². The lowest BCUT2D eigenvalue weighted by Gasteiger charge is -2.32. The van der Waals surface area contributed by atoms with Gasteiger partial charge in [-0.2, -0.15) is 0 Å². The van der Waals surface area contributed by atoms with Crippen LogP contribution in [-0.2, 0) is 22.3 Å². The summed E-state index contributed by atoms with van der Waals surface area (Å²) in [6.45, 7) is 14.9. The van der Waals surface area contributed by atoms with Gasteiger partial charge < -0.3 is 19.3 Å². The minimum absolute atomic E-state index is 0.518. The Kier molecular flexibility index (Phi) is 9.10. The van der Waals surface area contributed by atoms with Crippen LogP contribution in [0.1, 0.15) is 42.5 Å². The summed E-state index contributed by atoms with van der Waals surface area (Å²) in [7, 11) is 0. The molecule has 5 rings (SSSR count). The topological polar surface area (TPSA) is 24.9 Å². The van der Waals surface area contributed by atoms with Gasteiger partial charge in [0.1, 0.15) is 11.5 Å². The lowest BCUT2D eigenvalue weighted by Crippen LogP contribution is -2.33. The summed E-state index contributed by atoms with van der Waals surface area (Å²) in [6.07, 6.45) is 10.7. The van der Waals surface area contributed by atoms with Gasteiger partial charge in [0.2, 0.25) is 0 Å². The molecule has 0 aromatic heterocycles. The molecule has 2 aliphatic heterocycles. The summed E-state index contributed by atoms with van der Waals surface area (Å²) >= 11 is 0. The summed E-state index contributed by atoms with van der Waals surface area (Å²) < 4.78 is 11.8. The number of ether oxygens (including phenoxy) is 2. The third-order valence-electron chi connectivity index (χ3n) is 7.55. The van der Waals surface area contributed by atoms with Crippen molar-refractivity contribution in [3.63, 3.8) is 0 Å². The zero-order valence-electron chi connectivity index (χ0n) is 24.3. The van der Waals surface area contributed by atoms with Gasteiger partial charge in [0, 0.05) is 30.0 Å². The summed E-state index contributed by atoms with van der Waals surface area (Å²) in [5.74, 6) is 1.83. The lowest BCUT2D eigenvalue weighted by atomic mass is 10.00. The van der Waals surface area contributed by atoms with E-state index in [0.29, 0.717) is 13.5 Å². The molecule has 1 saturated heterocycles. The quantitative estimate of drug-likeness (QED) is 0.270. The Hall–Kier alpha value is -4.44. The van der Waals surface area contributed by atoms with Crippen molar-refractivity contribution < 1.29 is 9.47 Å². The first-order valence-corrected chi connectivity index (χ1v) is 14.4. The maximum atomic E-state index is 5.99. The molecule has 0 unspecified atom stereocenters. The van der Waals surface area contributed by atoms with E-state index in [2.05, 4.69) is 122 Å². The number of anilines is 2. The molecule has 0 radical (unpaired) electrons. The Balaban J connectivity index is 1.13. The van der Waals surface area contributed by atoms with Crippen LogP contribution in [0.4, 0.5) is 11.4 Å². The molecule has 4 nitrogen and oxygen atoms in total. The molecule has 0 saturated carbocycles. The van der Waals surface area contributed by atoms with E-state index in [9.17, 15) is 0 Å². The van der Waals surface area contributed by atoms with Crippen LogP contribution in [0.15, 0.2) is 133 Å². The maximum absolute atomic E-state index is 5.99. The number of hydrogen-bond donors (Lipinski definition) is 0. The predicted octanol–water partition coefficient (Wildman–Crippen LogP) is 8.32. The molecule has 3 aromatic rings. The lowest BCUT2D eigenvalue weighted by molar-refractivity contribution is 0.202. The zero-order valence-corrected chi connectivity index (χ0v) is 24.3. The molecule has 0 amide bonds. The van der Waals surface area contributed by atoms with Crippen LogP contribution in [0, 0.1) is 0 Å². The Morgan fingerprint density at radius 1 is 0.732 bits per heavy atom. The molecule has 1 fully saturated rings. The fourth-order valence-corrected chi connectivity index (χ4v) is 5.20. The molecule has 0 aliphatic carbocycles. The van der Waals surface area contributed by atoms with Crippen molar-refractivity contribution in [1.29, 1.82) is 0 Å². The molecule has 41 heavy (non-hydrogen) atoms. The molecule has 0 N–H and O–H groups in total. The van der Waals surface area contributed by atoms with Crippen molar-refractivity contribution in [2.24, 2.45) is 0 Å². The highest BCUT2D eigenvalue weighted by molar-refractivity contribution is 5.52. The van der Waals surface area contributed by atoms with Gasteiger partial charge >= 0.3 is 0 Å². The van der Waals surface area contributed by atoms with E-state index < -0.39 is 0 Å². The molecular formula is C37H40N2O2. The standard InChI is InChI=1S/C37H40N2O2/c1-5-7-9-37-29(4)25-39(27-41-37)35-20-16-33(17-21-35)23-31-12-10-30(11-13-31)22-32-14-18-34(19-15-32)38-24-28(3)36(8-6-2)40-26-38/h6-21H,2-3,5,22-27H2,1,4H3/b9-7-,36-8+. The van der Waals surface area contributed by atoms with Crippen molar-refractivity contribution in [2.45, 2.75) is 33.1 Å². The second-order valence-corrected chi connectivity index (χ2v) is 10.8. The monoisotopic (exact) mass is 544 g/mol. The van der Waals surface area contributed by atoms with Gasteiger partial charge in [0.25, 0.3) is 0 Å². The van der Waals surface area contributed by atoms with E-state index in [-0.39, 0.29) is 0 Å². The van der Waals surface area contributed by atoms with Crippen LogP contribution < -0.4 is 9.80 Å². The summed E-state index contributed by atoms with van der Waals surface area (Å²) in [6, 6.07) is 26.6. The van der Waals surface area contributed by atoms with Crippen molar-refractivity contribution in [2.75, 3.05) is 36.4 Å². The van der Waals surface area contributed by atoms with Crippen molar-refractivity contribution in [3.8, 4) is 0 Å².